The van der Waals surface area contributed by atoms with Gasteiger partial charge >= 0.3 is 6.09 Å². The van der Waals surface area contributed by atoms with E-state index in [2.05, 4.69) is 15.4 Å². The molecule has 56 heavy (non-hydrogen) atoms. The van der Waals surface area contributed by atoms with Crippen LogP contribution in [-0.4, -0.2) is 79.9 Å². The number of halogens is 1. The molecule has 3 heterocycles. The summed E-state index contributed by atoms with van der Waals surface area (Å²) in [6.07, 6.45) is 14.0. The van der Waals surface area contributed by atoms with Gasteiger partial charge in [-0.25, -0.2) is 9.78 Å². The van der Waals surface area contributed by atoms with Crippen LogP contribution in [0.3, 0.4) is 0 Å². The first-order chi connectivity index (χ1) is 26.6. The number of benzene rings is 1. The van der Waals surface area contributed by atoms with Gasteiger partial charge in [-0.2, -0.15) is 4.55 Å². The monoisotopic (exact) mass is 812 g/mol. The number of carbonyl (C=O) groups is 4. The molecule has 4 N–H and O–H groups in total. The van der Waals surface area contributed by atoms with Crippen molar-refractivity contribution in [3.05, 3.63) is 46.6 Å². The summed E-state index contributed by atoms with van der Waals surface area (Å²) in [4.78, 5) is 62.7. The first-order valence-corrected chi connectivity index (χ1v) is 21.8. The summed E-state index contributed by atoms with van der Waals surface area (Å²) >= 11 is 5.01. The molecule has 4 aliphatic rings. The van der Waals surface area contributed by atoms with E-state index in [-0.39, 0.29) is 17.6 Å². The Labute approximate surface area is 338 Å². The third kappa shape index (κ3) is 9.93. The number of hydrogen-bond acceptors (Lipinski definition) is 8. The van der Waals surface area contributed by atoms with E-state index in [9.17, 15) is 23.7 Å². The van der Waals surface area contributed by atoms with Crippen LogP contribution in [0.4, 0.5) is 4.79 Å². The predicted molar refractivity (Wildman–Crippen MR) is 219 cm³/mol. The number of alkyl carbamates (subject to hydrolysis) is 1. The lowest BCUT2D eigenvalue weighted by atomic mass is 9.84. The molecule has 2 fully saturated rings. The summed E-state index contributed by atoms with van der Waals surface area (Å²) in [6.45, 7) is 7.71. The Kier molecular flexibility index (Phi) is 13.2. The van der Waals surface area contributed by atoms with Crippen molar-refractivity contribution in [2.45, 2.75) is 152 Å². The van der Waals surface area contributed by atoms with Crippen molar-refractivity contribution in [3.63, 3.8) is 0 Å². The molecule has 2 saturated carbocycles. The van der Waals surface area contributed by atoms with Crippen LogP contribution in [0.2, 0.25) is 5.02 Å². The topological polar surface area (TPSA) is 159 Å². The Hall–Kier alpha value is -3.55. The second-order valence-electron chi connectivity index (χ2n) is 17.1. The highest BCUT2D eigenvalue weighted by Gasteiger charge is 2.58. The number of fused-ring (bicyclic) bond motifs is 3. The molecule has 0 radical (unpaired) electrons. The minimum Gasteiger partial charge on any atom is -0.485 e. The van der Waals surface area contributed by atoms with Crippen molar-refractivity contribution >= 4 is 57.7 Å². The number of carbonyl (C=O) groups excluding carboxylic acids is 4. The highest BCUT2D eigenvalue weighted by molar-refractivity contribution is 7.91. The number of ether oxygens (including phenoxy) is 2. The van der Waals surface area contributed by atoms with Crippen molar-refractivity contribution < 1.29 is 33.2 Å². The van der Waals surface area contributed by atoms with Gasteiger partial charge in [-0.3, -0.25) is 14.4 Å². The lowest BCUT2D eigenvalue weighted by Gasteiger charge is -2.42. The minimum atomic E-state index is -1.45. The van der Waals surface area contributed by atoms with Crippen molar-refractivity contribution in [3.8, 4) is 5.75 Å². The van der Waals surface area contributed by atoms with Crippen LogP contribution < -0.4 is 20.1 Å². The molecule has 12 nitrogen and oxygen atoms in total. The Morgan fingerprint density at radius 1 is 1.07 bits per heavy atom. The lowest BCUT2D eigenvalue weighted by Crippen LogP contribution is -2.63. The molecule has 0 saturated heterocycles. The van der Waals surface area contributed by atoms with E-state index >= 15 is 0 Å². The second kappa shape index (κ2) is 17.5. The maximum absolute atomic E-state index is 14.8. The van der Waals surface area contributed by atoms with Crippen molar-refractivity contribution in [1.29, 1.82) is 0 Å². The number of nitrogens with zero attached hydrogens (tertiary/aromatic N) is 2. The fourth-order valence-electron chi connectivity index (χ4n) is 8.13. The number of aromatic nitrogens is 1. The van der Waals surface area contributed by atoms with Crippen molar-refractivity contribution in [2.75, 3.05) is 13.7 Å². The molecular weight excluding hydrogens is 754 g/mol. The van der Waals surface area contributed by atoms with Crippen LogP contribution in [-0.2, 0) is 36.9 Å². The average Bonchev–Trinajstić information content (AvgIpc) is 3.69. The molecule has 2 aliphatic carbocycles. The van der Waals surface area contributed by atoms with Gasteiger partial charge in [0.1, 0.15) is 29.0 Å². The van der Waals surface area contributed by atoms with Crippen LogP contribution in [0.1, 0.15) is 122 Å². The number of hydrogen-bond donors (Lipinski definition) is 4. The van der Waals surface area contributed by atoms with Crippen molar-refractivity contribution in [2.24, 2.45) is 5.92 Å². The zero-order chi connectivity index (χ0) is 40.3. The van der Waals surface area contributed by atoms with Gasteiger partial charge in [0.25, 0.3) is 17.3 Å². The van der Waals surface area contributed by atoms with Crippen LogP contribution in [0.25, 0.3) is 10.9 Å². The zero-order valence-electron chi connectivity index (χ0n) is 33.5. The average molecular weight is 813 g/mol. The van der Waals surface area contributed by atoms with Gasteiger partial charge in [0.15, 0.2) is 4.75 Å². The molecule has 14 heteroatoms. The maximum Gasteiger partial charge on any atom is 0.407 e. The van der Waals surface area contributed by atoms with Crippen LogP contribution in [0, 0.1) is 12.8 Å². The first kappa shape index (κ1) is 42.1. The predicted octanol–water partition coefficient (Wildman–Crippen LogP) is 7.24. The summed E-state index contributed by atoms with van der Waals surface area (Å²) in [5.74, 6) is -0.530. The number of likely N-dealkylation sites (N-methyl/N-ethyl adjacent to an activating group) is 1. The second-order valence-corrected chi connectivity index (χ2v) is 19.3. The summed E-state index contributed by atoms with van der Waals surface area (Å²) < 4.78 is 25.8. The number of aryl methyl sites for hydroxylation is 2. The van der Waals surface area contributed by atoms with E-state index < -0.39 is 58.4 Å². The SMILES string of the molecule is Cc1nc2ccc(Cl)cc2c2c1O[C@@](C)(C[C@H]1C(=O)N[C@@](C)(C(=O)N[S+](O)C3(C)CC3)C/C=C\CCCCC[C@H](NC(=O)OCC3CCCC3)C(=O)N1C)CC2. The van der Waals surface area contributed by atoms with Gasteiger partial charge in [-0.05, 0) is 103 Å². The van der Waals surface area contributed by atoms with Crippen LogP contribution >= 0.6 is 11.6 Å². The first-order valence-electron chi connectivity index (χ1n) is 20.3. The molecule has 0 spiro atoms. The van der Waals surface area contributed by atoms with E-state index in [0.717, 1.165) is 74.3 Å². The van der Waals surface area contributed by atoms with E-state index in [4.69, 9.17) is 26.1 Å². The van der Waals surface area contributed by atoms with E-state index in [0.29, 0.717) is 54.7 Å². The fourth-order valence-corrected chi connectivity index (χ4v) is 9.44. The molecule has 0 bridgehead atoms. The summed E-state index contributed by atoms with van der Waals surface area (Å²) in [5, 5.41) is 7.36. The van der Waals surface area contributed by atoms with Crippen molar-refractivity contribution in [1.82, 2.24) is 25.2 Å². The third-order valence-corrected chi connectivity index (χ3v) is 14.2. The molecule has 1 unspecified atom stereocenters. The maximum atomic E-state index is 14.8. The Morgan fingerprint density at radius 2 is 1.80 bits per heavy atom. The molecule has 5 atom stereocenters. The highest BCUT2D eigenvalue weighted by atomic mass is 35.5. The Morgan fingerprint density at radius 3 is 2.54 bits per heavy atom. The summed E-state index contributed by atoms with van der Waals surface area (Å²) in [7, 11) is 1.57. The standard InChI is InChI=1S/C42H58ClN5O7S/c1-27-35-30(31-24-29(43)17-18-32(31)44-27)19-21-40(2,55-35)25-34-36(49)46-42(4,38(51)47-56(53)41(3)22-23-41)20-13-9-7-6-8-10-16-33(37(50)48(34)5)45-39(52)54-26-28-14-11-12-15-28/h9,13,17-18,24,28,33-34,53H,6-8,10-12,14-16,19-23,25-26H2,1-5H3,(H2-,45,46,47,49,51,52)/p+1/b13-9-/t33-,34-,40+,42+,56?/m0/s1. The summed E-state index contributed by atoms with van der Waals surface area (Å²) in [6, 6.07) is 3.56. The molecule has 6 rings (SSSR count). The van der Waals surface area contributed by atoms with E-state index in [1.807, 2.05) is 51.1 Å². The number of nitrogens with one attached hydrogen (secondary N) is 3. The van der Waals surface area contributed by atoms with Gasteiger partial charge in [0, 0.05) is 42.3 Å². The normalized spacial score (nSPS) is 28.5. The van der Waals surface area contributed by atoms with Gasteiger partial charge in [0.05, 0.1) is 17.8 Å². The largest absolute Gasteiger partial charge is 0.485 e. The molecule has 2 aromatic rings. The van der Waals surface area contributed by atoms with Gasteiger partial charge in [0.2, 0.25) is 11.8 Å². The lowest BCUT2D eigenvalue weighted by molar-refractivity contribution is -0.144. The highest BCUT2D eigenvalue weighted by Crippen LogP contribution is 2.43. The molecular formula is C42H59ClN5O7S+. The van der Waals surface area contributed by atoms with Gasteiger partial charge in [-0.1, -0.05) is 49.4 Å². The number of pyridine rings is 1. The quantitative estimate of drug-likeness (QED) is 0.160. The fraction of sp³-hybridized carbons (Fsp3) is 0.643. The molecule has 306 valence electrons. The molecule has 1 aromatic carbocycles. The Balaban J connectivity index is 1.30. The smallest absolute Gasteiger partial charge is 0.407 e. The number of allylic oxidation sites excluding steroid dienone is 1. The molecule has 1 aromatic heterocycles. The Bertz CT molecular complexity index is 1830. The molecule has 2 aliphatic heterocycles. The van der Waals surface area contributed by atoms with Gasteiger partial charge < -0.3 is 25.0 Å². The van der Waals surface area contributed by atoms with Crippen LogP contribution in [0.5, 0.6) is 5.75 Å². The number of rotatable bonds is 8. The van der Waals surface area contributed by atoms with E-state index in [1.54, 1.807) is 14.0 Å². The van der Waals surface area contributed by atoms with E-state index in [1.165, 1.54) is 4.90 Å². The minimum absolute atomic E-state index is 0.0857. The summed E-state index contributed by atoms with van der Waals surface area (Å²) in [5.41, 5.74) is 0.139. The molecule has 4 amide bonds. The van der Waals surface area contributed by atoms with Gasteiger partial charge in [-0.15, -0.1) is 4.72 Å². The van der Waals surface area contributed by atoms with Crippen LogP contribution in [0.15, 0.2) is 30.4 Å². The number of amides is 4. The zero-order valence-corrected chi connectivity index (χ0v) is 35.1. The third-order valence-electron chi connectivity index (χ3n) is 12.3.